The van der Waals surface area contributed by atoms with Gasteiger partial charge in [0.1, 0.15) is 5.75 Å². The number of ether oxygens (including phenoxy) is 2. The third-order valence-corrected chi connectivity index (χ3v) is 3.81. The van der Waals surface area contributed by atoms with Gasteiger partial charge in [-0.1, -0.05) is 30.3 Å². The molecule has 2 N–H and O–H groups in total. The standard InChI is InChI=1S/C20H21N3O7/c24-18(10-11-20(26)29-13-12-15-4-2-1-3-5-15)21-22-19(25)14-30-17-8-6-16(7-9-17)23(27)28/h1-9H,10-14H2,(H,21,24)(H,22,25). The van der Waals surface area contributed by atoms with Crippen molar-refractivity contribution in [2.45, 2.75) is 19.3 Å². The number of amides is 2. The van der Waals surface area contributed by atoms with E-state index in [1.165, 1.54) is 24.3 Å². The van der Waals surface area contributed by atoms with Crippen molar-refractivity contribution in [2.24, 2.45) is 0 Å². The Morgan fingerprint density at radius 3 is 2.23 bits per heavy atom. The minimum Gasteiger partial charge on any atom is -0.484 e. The first-order chi connectivity index (χ1) is 14.4. The average Bonchev–Trinajstić information content (AvgIpc) is 2.75. The number of benzene rings is 2. The van der Waals surface area contributed by atoms with Crippen molar-refractivity contribution in [3.63, 3.8) is 0 Å². The highest BCUT2D eigenvalue weighted by Crippen LogP contribution is 2.16. The number of nitro benzene ring substituents is 1. The summed E-state index contributed by atoms with van der Waals surface area (Å²) in [4.78, 5) is 45.0. The van der Waals surface area contributed by atoms with Gasteiger partial charge in [-0.3, -0.25) is 35.3 Å². The number of non-ortho nitro benzene ring substituents is 1. The van der Waals surface area contributed by atoms with Crippen molar-refractivity contribution in [2.75, 3.05) is 13.2 Å². The van der Waals surface area contributed by atoms with Crippen molar-refractivity contribution in [1.29, 1.82) is 0 Å². The second-order valence-corrected chi connectivity index (χ2v) is 6.09. The molecule has 0 saturated heterocycles. The first kappa shape index (κ1) is 22.3. The highest BCUT2D eigenvalue weighted by molar-refractivity contribution is 5.84. The van der Waals surface area contributed by atoms with E-state index < -0.39 is 29.3 Å². The van der Waals surface area contributed by atoms with Gasteiger partial charge in [-0.15, -0.1) is 0 Å². The Labute approximate surface area is 172 Å². The maximum absolute atomic E-state index is 11.7. The summed E-state index contributed by atoms with van der Waals surface area (Å²) in [6, 6.07) is 14.7. The van der Waals surface area contributed by atoms with Crippen LogP contribution in [-0.2, 0) is 25.5 Å². The Bertz CT molecular complexity index is 870. The summed E-state index contributed by atoms with van der Waals surface area (Å²) in [5, 5.41) is 10.6. The number of hydrogen-bond donors (Lipinski definition) is 2. The molecule has 0 aliphatic carbocycles. The fourth-order valence-electron chi connectivity index (χ4n) is 2.27. The fourth-order valence-corrected chi connectivity index (χ4v) is 2.27. The number of hydrogen-bond acceptors (Lipinski definition) is 7. The zero-order valence-electron chi connectivity index (χ0n) is 16.0. The van der Waals surface area contributed by atoms with Crippen molar-refractivity contribution in [3.05, 3.63) is 70.3 Å². The molecule has 0 heterocycles. The molecule has 0 radical (unpaired) electrons. The third-order valence-electron chi connectivity index (χ3n) is 3.81. The molecule has 0 aromatic heterocycles. The summed E-state index contributed by atoms with van der Waals surface area (Å²) in [5.41, 5.74) is 5.26. The Hall–Kier alpha value is -3.95. The zero-order chi connectivity index (χ0) is 21.8. The number of hydrazine groups is 1. The lowest BCUT2D eigenvalue weighted by molar-refractivity contribution is -0.384. The summed E-state index contributed by atoms with van der Waals surface area (Å²) in [6.45, 7) is -0.180. The highest BCUT2D eigenvalue weighted by Gasteiger charge is 2.10. The maximum Gasteiger partial charge on any atom is 0.306 e. The van der Waals surface area contributed by atoms with Crippen LogP contribution in [0, 0.1) is 10.1 Å². The first-order valence-corrected chi connectivity index (χ1v) is 9.08. The van der Waals surface area contributed by atoms with E-state index in [1.54, 1.807) is 0 Å². The smallest absolute Gasteiger partial charge is 0.306 e. The topological polar surface area (TPSA) is 137 Å². The molecule has 158 valence electrons. The summed E-state index contributed by atoms with van der Waals surface area (Å²) in [6.07, 6.45) is 0.326. The second kappa shape index (κ2) is 11.8. The zero-order valence-corrected chi connectivity index (χ0v) is 16.0. The molecule has 0 unspecified atom stereocenters. The van der Waals surface area contributed by atoms with Gasteiger partial charge in [-0.05, 0) is 17.7 Å². The lowest BCUT2D eigenvalue weighted by Crippen LogP contribution is -2.43. The Morgan fingerprint density at radius 1 is 0.900 bits per heavy atom. The van der Waals surface area contributed by atoms with E-state index in [2.05, 4.69) is 10.9 Å². The molecule has 10 heteroatoms. The van der Waals surface area contributed by atoms with Gasteiger partial charge in [0.2, 0.25) is 5.91 Å². The molecule has 2 rings (SSSR count). The van der Waals surface area contributed by atoms with Gasteiger partial charge in [0.05, 0.1) is 18.0 Å². The monoisotopic (exact) mass is 415 g/mol. The molecular formula is C20H21N3O7. The van der Waals surface area contributed by atoms with E-state index in [-0.39, 0.29) is 30.9 Å². The van der Waals surface area contributed by atoms with E-state index >= 15 is 0 Å². The van der Waals surface area contributed by atoms with E-state index in [0.717, 1.165) is 5.56 Å². The van der Waals surface area contributed by atoms with Crippen molar-refractivity contribution >= 4 is 23.5 Å². The number of carbonyl (C=O) groups excluding carboxylic acids is 3. The van der Waals surface area contributed by atoms with Gasteiger partial charge >= 0.3 is 5.97 Å². The summed E-state index contributed by atoms with van der Waals surface area (Å²) >= 11 is 0. The summed E-state index contributed by atoms with van der Waals surface area (Å²) in [5.74, 6) is -1.43. The minimum absolute atomic E-state index is 0.0994. The fraction of sp³-hybridized carbons (Fsp3) is 0.250. The Morgan fingerprint density at radius 2 is 1.57 bits per heavy atom. The molecule has 0 spiro atoms. The molecule has 0 aliphatic heterocycles. The van der Waals surface area contributed by atoms with E-state index in [9.17, 15) is 24.5 Å². The van der Waals surface area contributed by atoms with Gasteiger partial charge < -0.3 is 9.47 Å². The Kier molecular flexibility index (Phi) is 8.78. The molecule has 0 fully saturated rings. The number of carbonyl (C=O) groups is 3. The van der Waals surface area contributed by atoms with Crippen LogP contribution in [0.15, 0.2) is 54.6 Å². The molecule has 10 nitrogen and oxygen atoms in total. The molecule has 0 aliphatic rings. The van der Waals surface area contributed by atoms with Crippen LogP contribution < -0.4 is 15.6 Å². The molecule has 0 bridgehead atoms. The summed E-state index contributed by atoms with van der Waals surface area (Å²) in [7, 11) is 0. The predicted molar refractivity (Wildman–Crippen MR) is 105 cm³/mol. The van der Waals surface area contributed by atoms with E-state index in [0.29, 0.717) is 6.42 Å². The number of nitro groups is 1. The van der Waals surface area contributed by atoms with Gasteiger partial charge in [0.15, 0.2) is 6.61 Å². The lowest BCUT2D eigenvalue weighted by atomic mass is 10.2. The molecular weight excluding hydrogens is 394 g/mol. The number of esters is 1. The maximum atomic E-state index is 11.7. The Balaban J connectivity index is 1.56. The van der Waals surface area contributed by atoms with E-state index in [4.69, 9.17) is 9.47 Å². The van der Waals surface area contributed by atoms with E-state index in [1.807, 2.05) is 30.3 Å². The summed E-state index contributed by atoms with van der Waals surface area (Å²) < 4.78 is 10.2. The van der Waals surface area contributed by atoms with Gasteiger partial charge in [0, 0.05) is 25.0 Å². The van der Waals surface area contributed by atoms with Crippen LogP contribution in [0.5, 0.6) is 5.75 Å². The van der Waals surface area contributed by atoms with Crippen molar-refractivity contribution < 1.29 is 28.8 Å². The molecule has 2 aromatic carbocycles. The molecule has 2 amide bonds. The number of nitrogens with zero attached hydrogens (tertiary/aromatic N) is 1. The predicted octanol–water partition coefficient (Wildman–Crippen LogP) is 1.69. The average molecular weight is 415 g/mol. The van der Waals surface area contributed by atoms with Gasteiger partial charge in [-0.25, -0.2) is 0 Å². The molecule has 0 saturated carbocycles. The molecule has 0 atom stereocenters. The van der Waals surface area contributed by atoms with Crippen LogP contribution >= 0.6 is 0 Å². The lowest BCUT2D eigenvalue weighted by Gasteiger charge is -2.09. The van der Waals surface area contributed by atoms with Crippen LogP contribution in [-0.4, -0.2) is 35.9 Å². The SMILES string of the molecule is O=C(CCC(=O)OCCc1ccccc1)NNC(=O)COc1ccc([N+](=O)[O-])cc1. The minimum atomic E-state index is -0.632. The first-order valence-electron chi connectivity index (χ1n) is 9.08. The number of nitrogens with one attached hydrogen (secondary N) is 2. The van der Waals surface area contributed by atoms with Crippen LogP contribution in [0.2, 0.25) is 0 Å². The largest absolute Gasteiger partial charge is 0.484 e. The molecule has 30 heavy (non-hydrogen) atoms. The van der Waals surface area contributed by atoms with Crippen LogP contribution in [0.4, 0.5) is 5.69 Å². The van der Waals surface area contributed by atoms with Crippen molar-refractivity contribution in [3.8, 4) is 5.75 Å². The van der Waals surface area contributed by atoms with Crippen molar-refractivity contribution in [1.82, 2.24) is 10.9 Å². The van der Waals surface area contributed by atoms with Crippen LogP contribution in [0.25, 0.3) is 0 Å². The van der Waals surface area contributed by atoms with Gasteiger partial charge in [-0.2, -0.15) is 0 Å². The number of rotatable bonds is 10. The highest BCUT2D eigenvalue weighted by atomic mass is 16.6. The quantitative estimate of drug-likeness (QED) is 0.342. The van der Waals surface area contributed by atoms with Gasteiger partial charge in [0.25, 0.3) is 11.6 Å². The van der Waals surface area contributed by atoms with Crippen LogP contribution in [0.1, 0.15) is 18.4 Å². The third kappa shape index (κ3) is 8.38. The van der Waals surface area contributed by atoms with Crippen LogP contribution in [0.3, 0.4) is 0 Å². The second-order valence-electron chi connectivity index (χ2n) is 6.09. The molecule has 2 aromatic rings. The normalized spacial score (nSPS) is 10.0.